The molecular formula is C21H19ClN6O2. The summed E-state index contributed by atoms with van der Waals surface area (Å²) in [6.07, 6.45) is 1.51. The number of aryl methyl sites for hydroxylation is 1. The number of fused-ring (bicyclic) bond motifs is 3. The molecule has 0 spiro atoms. The largest absolute Gasteiger partial charge is 0.354 e. The molecular weight excluding hydrogens is 404 g/mol. The van der Waals surface area contributed by atoms with Gasteiger partial charge in [-0.15, -0.1) is 0 Å². The minimum absolute atomic E-state index is 0.107. The molecule has 1 aliphatic heterocycles. The third kappa shape index (κ3) is 3.09. The van der Waals surface area contributed by atoms with Crippen molar-refractivity contribution in [1.82, 2.24) is 14.9 Å². The summed E-state index contributed by atoms with van der Waals surface area (Å²) in [7, 11) is 1.64. The van der Waals surface area contributed by atoms with Gasteiger partial charge in [0.2, 0.25) is 0 Å². The summed E-state index contributed by atoms with van der Waals surface area (Å²) in [5, 5.41) is 16.2. The van der Waals surface area contributed by atoms with Gasteiger partial charge in [-0.3, -0.25) is 9.59 Å². The van der Waals surface area contributed by atoms with Crippen LogP contribution < -0.4 is 21.9 Å². The molecule has 0 saturated heterocycles. The number of hydrogen-bond donors (Lipinski definition) is 3. The molecule has 0 aliphatic carbocycles. The molecule has 2 atom stereocenters. The van der Waals surface area contributed by atoms with Gasteiger partial charge in [0.1, 0.15) is 22.3 Å². The van der Waals surface area contributed by atoms with Crippen LogP contribution in [-0.2, 0) is 7.05 Å². The van der Waals surface area contributed by atoms with E-state index in [0.29, 0.717) is 22.5 Å². The lowest BCUT2D eigenvalue weighted by Crippen LogP contribution is -2.37. The van der Waals surface area contributed by atoms with Crippen LogP contribution >= 0.6 is 11.6 Å². The number of aromatic nitrogens is 2. The van der Waals surface area contributed by atoms with Crippen LogP contribution in [0.4, 0.5) is 11.4 Å². The predicted molar refractivity (Wildman–Crippen MR) is 115 cm³/mol. The smallest absolute Gasteiger partial charge is 0.263 e. The lowest BCUT2D eigenvalue weighted by molar-refractivity contribution is 0.0952. The molecule has 3 heterocycles. The Morgan fingerprint density at radius 1 is 1.37 bits per heavy atom. The van der Waals surface area contributed by atoms with E-state index in [0.717, 1.165) is 5.39 Å². The first-order chi connectivity index (χ1) is 14.3. The van der Waals surface area contributed by atoms with Crippen LogP contribution in [0, 0.1) is 11.3 Å². The van der Waals surface area contributed by atoms with Gasteiger partial charge in [0.05, 0.1) is 11.2 Å². The molecule has 0 radical (unpaired) electrons. The fraction of sp³-hybridized carbons (Fsp3) is 0.238. The highest BCUT2D eigenvalue weighted by Gasteiger charge is 2.31. The minimum atomic E-state index is -0.418. The first-order valence-electron chi connectivity index (χ1n) is 9.35. The zero-order chi connectivity index (χ0) is 21.6. The number of nitrogens with one attached hydrogen (secondary N) is 2. The molecule has 1 amide bonds. The van der Waals surface area contributed by atoms with Crippen molar-refractivity contribution in [3.05, 3.63) is 62.7 Å². The topological polar surface area (TPSA) is 126 Å². The summed E-state index contributed by atoms with van der Waals surface area (Å²) in [6, 6.07) is 8.82. The predicted octanol–water partition coefficient (Wildman–Crippen LogP) is 2.38. The number of carbonyl (C=O) groups excluding carboxylic acids is 1. The number of halogens is 1. The van der Waals surface area contributed by atoms with Crippen molar-refractivity contribution in [3.63, 3.8) is 0 Å². The van der Waals surface area contributed by atoms with Gasteiger partial charge < -0.3 is 20.9 Å². The number of benzene rings is 1. The average Bonchev–Trinajstić information content (AvgIpc) is 2.84. The van der Waals surface area contributed by atoms with Gasteiger partial charge in [-0.2, -0.15) is 5.26 Å². The number of carbonyl (C=O) groups is 1. The maximum absolute atomic E-state index is 12.9. The van der Waals surface area contributed by atoms with Gasteiger partial charge in [0.15, 0.2) is 0 Å². The molecule has 4 rings (SSSR count). The number of nitrogens with zero attached hydrogens (tertiary/aromatic N) is 3. The molecule has 30 heavy (non-hydrogen) atoms. The molecule has 0 bridgehead atoms. The molecule has 8 nitrogen and oxygen atoms in total. The van der Waals surface area contributed by atoms with Crippen LogP contribution in [-0.4, -0.2) is 28.0 Å². The first-order valence-corrected chi connectivity index (χ1v) is 9.73. The van der Waals surface area contributed by atoms with Gasteiger partial charge in [-0.1, -0.05) is 18.5 Å². The Kier molecular flexibility index (Phi) is 4.94. The fourth-order valence-corrected chi connectivity index (χ4v) is 4.03. The van der Waals surface area contributed by atoms with E-state index < -0.39 is 5.91 Å². The monoisotopic (exact) mass is 422 g/mol. The van der Waals surface area contributed by atoms with Crippen LogP contribution in [0.15, 0.2) is 35.3 Å². The Hall–Kier alpha value is -3.41. The molecule has 3 aromatic rings. The van der Waals surface area contributed by atoms with Crippen molar-refractivity contribution in [2.45, 2.75) is 18.9 Å². The second-order valence-corrected chi connectivity index (χ2v) is 7.67. The van der Waals surface area contributed by atoms with E-state index in [1.54, 1.807) is 25.2 Å². The number of anilines is 2. The van der Waals surface area contributed by atoms with E-state index in [4.69, 9.17) is 17.3 Å². The third-order valence-electron chi connectivity index (χ3n) is 5.55. The van der Waals surface area contributed by atoms with Crippen molar-refractivity contribution in [3.8, 4) is 6.07 Å². The Bertz CT molecular complexity index is 1290. The van der Waals surface area contributed by atoms with Crippen molar-refractivity contribution in [2.75, 3.05) is 11.9 Å². The molecule has 4 N–H and O–H groups in total. The number of nitrogens with two attached hydrogens (primary N) is 1. The second-order valence-electron chi connectivity index (χ2n) is 7.31. The Morgan fingerprint density at radius 2 is 2.13 bits per heavy atom. The highest BCUT2D eigenvalue weighted by molar-refractivity contribution is 6.31. The summed E-state index contributed by atoms with van der Waals surface area (Å²) in [5.74, 6) is -0.631. The first kappa shape index (κ1) is 19.9. The zero-order valence-electron chi connectivity index (χ0n) is 16.4. The molecule has 2 unspecified atom stereocenters. The van der Waals surface area contributed by atoms with Gasteiger partial charge >= 0.3 is 0 Å². The standard InChI is InChI=1S/C21H19ClN6O2/c1-10-14(24)9-26-20(29)18-17(10)12-7-11(3-4-16(12)28(2)21(18)30)27-15-5-6-25-19(22)13(15)8-23/h3-7,10,14H,9,24H2,1-2H3,(H,25,27)(H,26,29). The molecule has 1 aliphatic rings. The Labute approximate surface area is 177 Å². The number of hydrogen-bond acceptors (Lipinski definition) is 6. The zero-order valence-corrected chi connectivity index (χ0v) is 17.1. The van der Waals surface area contributed by atoms with E-state index in [1.165, 1.54) is 10.8 Å². The van der Waals surface area contributed by atoms with E-state index in [1.807, 2.05) is 19.1 Å². The van der Waals surface area contributed by atoms with Crippen LogP contribution in [0.1, 0.15) is 34.3 Å². The minimum Gasteiger partial charge on any atom is -0.354 e. The Morgan fingerprint density at radius 3 is 2.87 bits per heavy atom. The highest BCUT2D eigenvalue weighted by Crippen LogP contribution is 2.33. The van der Waals surface area contributed by atoms with Crippen molar-refractivity contribution in [1.29, 1.82) is 5.26 Å². The lowest BCUT2D eigenvalue weighted by atomic mass is 9.88. The summed E-state index contributed by atoms with van der Waals surface area (Å²) in [5.41, 5.74) is 8.75. The van der Waals surface area contributed by atoms with Crippen LogP contribution in [0.25, 0.3) is 10.9 Å². The van der Waals surface area contributed by atoms with Gasteiger partial charge in [0.25, 0.3) is 11.5 Å². The maximum atomic E-state index is 12.9. The molecule has 1 aromatic carbocycles. The molecule has 9 heteroatoms. The van der Waals surface area contributed by atoms with Crippen molar-refractivity contribution in [2.24, 2.45) is 12.8 Å². The van der Waals surface area contributed by atoms with Gasteiger partial charge in [0, 0.05) is 36.9 Å². The fourth-order valence-electron chi connectivity index (χ4n) is 3.83. The second kappa shape index (κ2) is 7.44. The summed E-state index contributed by atoms with van der Waals surface area (Å²) in [6.45, 7) is 2.21. The molecule has 0 fully saturated rings. The van der Waals surface area contributed by atoms with Crippen LogP contribution in [0.3, 0.4) is 0 Å². The number of nitriles is 1. The SMILES string of the molecule is CC1c2c(c(=O)n(C)c3ccc(Nc4ccnc(Cl)c4C#N)cc23)C(=O)NCC1N. The van der Waals surface area contributed by atoms with Gasteiger partial charge in [-0.05, 0) is 35.7 Å². The van der Waals surface area contributed by atoms with E-state index in [-0.39, 0.29) is 40.3 Å². The molecule has 2 aromatic heterocycles. The number of amides is 1. The summed E-state index contributed by atoms with van der Waals surface area (Å²) >= 11 is 6.02. The summed E-state index contributed by atoms with van der Waals surface area (Å²) < 4.78 is 1.46. The van der Waals surface area contributed by atoms with Crippen molar-refractivity contribution >= 4 is 39.8 Å². The third-order valence-corrected chi connectivity index (χ3v) is 5.84. The highest BCUT2D eigenvalue weighted by atomic mass is 35.5. The lowest BCUT2D eigenvalue weighted by Gasteiger charge is -2.21. The normalized spacial score (nSPS) is 18.3. The van der Waals surface area contributed by atoms with E-state index in [9.17, 15) is 14.9 Å². The molecule has 152 valence electrons. The molecule has 0 saturated carbocycles. The summed E-state index contributed by atoms with van der Waals surface area (Å²) in [4.78, 5) is 29.5. The quantitative estimate of drug-likeness (QED) is 0.544. The Balaban J connectivity index is 1.96. The maximum Gasteiger partial charge on any atom is 0.263 e. The number of rotatable bonds is 2. The van der Waals surface area contributed by atoms with Crippen molar-refractivity contribution < 1.29 is 4.79 Å². The average molecular weight is 423 g/mol. The van der Waals surface area contributed by atoms with Crippen LogP contribution in [0.5, 0.6) is 0 Å². The number of pyridine rings is 2. The van der Waals surface area contributed by atoms with Crippen LogP contribution in [0.2, 0.25) is 5.15 Å². The van der Waals surface area contributed by atoms with E-state index in [2.05, 4.69) is 15.6 Å². The van der Waals surface area contributed by atoms with Gasteiger partial charge in [-0.25, -0.2) is 4.98 Å². The van der Waals surface area contributed by atoms with E-state index >= 15 is 0 Å².